The summed E-state index contributed by atoms with van der Waals surface area (Å²) in [5.74, 6) is -0.358. The Morgan fingerprint density at radius 3 is 2.52 bits per heavy atom. The van der Waals surface area contributed by atoms with Crippen molar-refractivity contribution in [1.82, 2.24) is 4.31 Å². The molecule has 0 radical (unpaired) electrons. The molecule has 1 aromatic carbocycles. The summed E-state index contributed by atoms with van der Waals surface area (Å²) in [5.41, 5.74) is 1.88. The maximum absolute atomic E-state index is 13.0. The number of nitrogens with zero attached hydrogens (tertiary/aromatic N) is 1. The zero-order chi connectivity index (χ0) is 18.2. The van der Waals surface area contributed by atoms with Gasteiger partial charge in [0.2, 0.25) is 10.0 Å². The predicted molar refractivity (Wildman–Crippen MR) is 92.4 cm³/mol. The molecule has 0 bridgehead atoms. The highest BCUT2D eigenvalue weighted by Crippen LogP contribution is 2.38. The number of aryl methyl sites for hydroxylation is 1. The van der Waals surface area contributed by atoms with Crippen molar-refractivity contribution in [2.24, 2.45) is 11.8 Å². The van der Waals surface area contributed by atoms with Crippen molar-refractivity contribution in [2.45, 2.75) is 24.8 Å². The van der Waals surface area contributed by atoms with Gasteiger partial charge in [0.25, 0.3) is 0 Å². The molecular formula is C18H23NO5S. The van der Waals surface area contributed by atoms with Crippen LogP contribution in [-0.2, 0) is 24.3 Å². The van der Waals surface area contributed by atoms with Gasteiger partial charge in [0, 0.05) is 32.0 Å². The fraction of sp³-hybridized carbons (Fsp3) is 0.500. The molecule has 0 saturated carbocycles. The van der Waals surface area contributed by atoms with Crippen LogP contribution in [0.5, 0.6) is 0 Å². The van der Waals surface area contributed by atoms with E-state index in [4.69, 9.17) is 9.47 Å². The van der Waals surface area contributed by atoms with E-state index in [0.717, 1.165) is 11.1 Å². The fourth-order valence-corrected chi connectivity index (χ4v) is 4.89. The zero-order valence-electron chi connectivity index (χ0n) is 14.6. The highest BCUT2D eigenvalue weighted by molar-refractivity contribution is 7.89. The number of rotatable bonds is 5. The van der Waals surface area contributed by atoms with Crippen LogP contribution < -0.4 is 0 Å². The number of piperidine rings is 1. The summed E-state index contributed by atoms with van der Waals surface area (Å²) in [6.07, 6.45) is 1.15. The van der Waals surface area contributed by atoms with E-state index in [1.807, 2.05) is 13.8 Å². The molecular weight excluding hydrogens is 342 g/mol. The summed E-state index contributed by atoms with van der Waals surface area (Å²) < 4.78 is 38.1. The van der Waals surface area contributed by atoms with Crippen LogP contribution in [0.25, 0.3) is 0 Å². The van der Waals surface area contributed by atoms with E-state index < -0.39 is 16.1 Å². The van der Waals surface area contributed by atoms with E-state index in [1.54, 1.807) is 30.3 Å². The Kier molecular flexibility index (Phi) is 5.11. The molecule has 7 heteroatoms. The molecule has 0 unspecified atom stereocenters. The minimum Gasteiger partial charge on any atom is -0.359 e. The van der Waals surface area contributed by atoms with Crippen LogP contribution in [0.4, 0.5) is 0 Å². The van der Waals surface area contributed by atoms with E-state index in [2.05, 4.69) is 0 Å². The summed E-state index contributed by atoms with van der Waals surface area (Å²) in [6.45, 7) is 4.28. The molecule has 0 N–H and O–H groups in total. The van der Waals surface area contributed by atoms with Gasteiger partial charge in [-0.1, -0.05) is 24.6 Å². The van der Waals surface area contributed by atoms with Gasteiger partial charge in [0.05, 0.1) is 11.0 Å². The van der Waals surface area contributed by atoms with Crippen molar-refractivity contribution in [1.29, 1.82) is 0 Å². The Hall–Kier alpha value is -1.54. The molecule has 136 valence electrons. The average molecular weight is 365 g/mol. The number of ether oxygens (including phenoxy) is 2. The van der Waals surface area contributed by atoms with Gasteiger partial charge in [0.15, 0.2) is 5.78 Å². The van der Waals surface area contributed by atoms with E-state index in [9.17, 15) is 13.2 Å². The summed E-state index contributed by atoms with van der Waals surface area (Å²) in [4.78, 5) is 12.3. The molecule has 1 heterocycles. The quantitative estimate of drug-likeness (QED) is 0.744. The second kappa shape index (κ2) is 6.99. The largest absolute Gasteiger partial charge is 0.359 e. The van der Waals surface area contributed by atoms with Gasteiger partial charge in [-0.25, -0.2) is 8.42 Å². The van der Waals surface area contributed by atoms with E-state index in [0.29, 0.717) is 6.54 Å². The van der Waals surface area contributed by atoms with Crippen molar-refractivity contribution in [3.8, 4) is 0 Å². The van der Waals surface area contributed by atoms with Crippen molar-refractivity contribution in [2.75, 3.05) is 27.0 Å². The van der Waals surface area contributed by atoms with Gasteiger partial charge in [-0.3, -0.25) is 4.79 Å². The van der Waals surface area contributed by atoms with Crippen LogP contribution in [0, 0.1) is 18.8 Å². The molecule has 0 amide bonds. The third-order valence-electron chi connectivity index (χ3n) is 4.98. The summed E-state index contributed by atoms with van der Waals surface area (Å²) in [7, 11) is -2.13. The molecule has 6 nitrogen and oxygen atoms in total. The van der Waals surface area contributed by atoms with Crippen LogP contribution in [-0.4, -0.2) is 51.6 Å². The Bertz CT molecular complexity index is 784. The molecule has 1 fully saturated rings. The SMILES string of the molecule is COCO[C@@H]1CN(S(=O)(=O)c2ccc(C)cc2)C[C@H]2C1=CC(=O)[C@@H]2C. The van der Waals surface area contributed by atoms with Crippen molar-refractivity contribution in [3.05, 3.63) is 41.5 Å². The minimum absolute atomic E-state index is 0.0283. The minimum atomic E-state index is -3.64. The number of carbonyl (C=O) groups excluding carboxylic acids is 1. The lowest BCUT2D eigenvalue weighted by molar-refractivity contribution is -0.118. The van der Waals surface area contributed by atoms with Crippen molar-refractivity contribution < 1.29 is 22.7 Å². The number of hydrogen-bond donors (Lipinski definition) is 0. The number of sulfonamides is 1. The van der Waals surface area contributed by atoms with Crippen LogP contribution >= 0.6 is 0 Å². The first-order chi connectivity index (χ1) is 11.8. The van der Waals surface area contributed by atoms with E-state index in [1.165, 1.54) is 11.4 Å². The molecule has 1 aromatic rings. The Balaban J connectivity index is 1.91. The lowest BCUT2D eigenvalue weighted by atomic mass is 9.87. The van der Waals surface area contributed by atoms with Crippen LogP contribution in [0.3, 0.4) is 0 Å². The fourth-order valence-electron chi connectivity index (χ4n) is 3.42. The Morgan fingerprint density at radius 2 is 1.88 bits per heavy atom. The van der Waals surface area contributed by atoms with Crippen molar-refractivity contribution in [3.63, 3.8) is 0 Å². The number of methoxy groups -OCH3 is 1. The van der Waals surface area contributed by atoms with Gasteiger partial charge in [-0.2, -0.15) is 4.31 Å². The molecule has 1 aliphatic carbocycles. The third kappa shape index (κ3) is 3.42. The smallest absolute Gasteiger partial charge is 0.243 e. The molecule has 1 aliphatic heterocycles. The highest BCUT2D eigenvalue weighted by atomic mass is 32.2. The molecule has 0 aromatic heterocycles. The number of fused-ring (bicyclic) bond motifs is 1. The van der Waals surface area contributed by atoms with Crippen LogP contribution in [0.15, 0.2) is 40.8 Å². The maximum atomic E-state index is 13.0. The summed E-state index contributed by atoms with van der Waals surface area (Å²) in [5, 5.41) is 0. The standard InChI is InChI=1S/C18H23NO5S/c1-12-4-6-14(7-5-12)25(21,22)19-9-16-13(2)17(20)8-15(16)18(10-19)24-11-23-3/h4-8,13,16,18H,9-11H2,1-3H3/t13-,16-,18-/m1/s1. The van der Waals surface area contributed by atoms with E-state index >= 15 is 0 Å². The first-order valence-corrected chi connectivity index (χ1v) is 9.71. The maximum Gasteiger partial charge on any atom is 0.243 e. The van der Waals surface area contributed by atoms with Gasteiger partial charge in [0.1, 0.15) is 6.79 Å². The molecule has 0 spiro atoms. The molecule has 3 atom stereocenters. The molecule has 3 rings (SSSR count). The first-order valence-electron chi connectivity index (χ1n) is 8.27. The van der Waals surface area contributed by atoms with E-state index in [-0.39, 0.29) is 35.9 Å². The van der Waals surface area contributed by atoms with Crippen LogP contribution in [0.2, 0.25) is 0 Å². The number of carbonyl (C=O) groups is 1. The Morgan fingerprint density at radius 1 is 1.20 bits per heavy atom. The normalized spacial score (nSPS) is 27.2. The first kappa shape index (κ1) is 18.3. The van der Waals surface area contributed by atoms with Gasteiger partial charge < -0.3 is 9.47 Å². The van der Waals surface area contributed by atoms with Crippen LogP contribution in [0.1, 0.15) is 12.5 Å². The molecule has 2 aliphatic rings. The topological polar surface area (TPSA) is 72.9 Å². The second-order valence-electron chi connectivity index (χ2n) is 6.64. The van der Waals surface area contributed by atoms with Crippen molar-refractivity contribution >= 4 is 15.8 Å². The zero-order valence-corrected chi connectivity index (χ0v) is 15.5. The monoisotopic (exact) mass is 365 g/mol. The average Bonchev–Trinajstić information content (AvgIpc) is 2.88. The number of ketones is 1. The lowest BCUT2D eigenvalue weighted by Crippen LogP contribution is -2.49. The number of hydrogen-bond acceptors (Lipinski definition) is 5. The van der Waals surface area contributed by atoms with Gasteiger partial charge in [-0.05, 0) is 30.7 Å². The lowest BCUT2D eigenvalue weighted by Gasteiger charge is -2.38. The number of benzene rings is 1. The van der Waals surface area contributed by atoms with Gasteiger partial charge in [-0.15, -0.1) is 0 Å². The predicted octanol–water partition coefficient (Wildman–Crippen LogP) is 1.75. The summed E-state index contributed by atoms with van der Waals surface area (Å²) in [6, 6.07) is 6.79. The molecule has 25 heavy (non-hydrogen) atoms. The molecule has 1 saturated heterocycles. The van der Waals surface area contributed by atoms with Gasteiger partial charge >= 0.3 is 0 Å². The highest BCUT2D eigenvalue weighted by Gasteiger charge is 2.45. The summed E-state index contributed by atoms with van der Waals surface area (Å²) >= 11 is 0. The second-order valence-corrected chi connectivity index (χ2v) is 8.58. The third-order valence-corrected chi connectivity index (χ3v) is 6.82. The number of allylic oxidation sites excluding steroid dienone is 1. The Labute approximate surface area is 148 Å².